The zero-order valence-corrected chi connectivity index (χ0v) is 14.3. The third-order valence-corrected chi connectivity index (χ3v) is 4.86. The summed E-state index contributed by atoms with van der Waals surface area (Å²) in [6.07, 6.45) is 0.910. The van der Waals surface area contributed by atoms with Crippen molar-refractivity contribution in [3.8, 4) is 0 Å². The highest BCUT2D eigenvalue weighted by atomic mass is 16.6. The van der Waals surface area contributed by atoms with Gasteiger partial charge in [-0.05, 0) is 12.5 Å². The third-order valence-electron chi connectivity index (χ3n) is 4.86. The Morgan fingerprint density at radius 2 is 1.54 bits per heavy atom. The highest BCUT2D eigenvalue weighted by Crippen LogP contribution is 2.47. The van der Waals surface area contributed by atoms with Crippen LogP contribution in [0.25, 0.3) is 0 Å². The Morgan fingerprint density at radius 3 is 2.04 bits per heavy atom. The van der Waals surface area contributed by atoms with Gasteiger partial charge in [0.05, 0.1) is 20.3 Å². The number of nitrogen functional groups attached to an aromatic ring is 1. The number of nitro benzene ring substituents is 1. The van der Waals surface area contributed by atoms with Crippen LogP contribution in [0.3, 0.4) is 0 Å². The summed E-state index contributed by atoms with van der Waals surface area (Å²) in [4.78, 5) is 58.0. The standard InChI is InChI=1S/C16H12N4O8/c1-2-6-5-9(19(25)26)12-13(14(6)20(27)28)16(22)11-8(18(23)24)4-3-7(17)10(11)15(12)21/h3-5,12-13H,2,17H2,1H3. The fourth-order valence-electron chi connectivity index (χ4n) is 3.70. The van der Waals surface area contributed by atoms with Crippen LogP contribution >= 0.6 is 0 Å². The van der Waals surface area contributed by atoms with Crippen LogP contribution in [0.4, 0.5) is 11.4 Å². The molecule has 0 aliphatic heterocycles. The van der Waals surface area contributed by atoms with Gasteiger partial charge in [0, 0.05) is 23.4 Å². The number of hydrogen-bond donors (Lipinski definition) is 1. The maximum absolute atomic E-state index is 13.1. The van der Waals surface area contributed by atoms with Gasteiger partial charge in [-0.3, -0.25) is 39.9 Å². The number of nitro groups is 3. The number of nitrogens with two attached hydrogens (primary N) is 1. The zero-order valence-electron chi connectivity index (χ0n) is 14.3. The molecule has 12 heteroatoms. The van der Waals surface area contributed by atoms with E-state index in [1.807, 2.05) is 0 Å². The van der Waals surface area contributed by atoms with Crippen LogP contribution in [0, 0.1) is 42.2 Å². The first-order valence-corrected chi connectivity index (χ1v) is 8.00. The quantitative estimate of drug-likeness (QED) is 0.456. The lowest BCUT2D eigenvalue weighted by Gasteiger charge is -2.30. The van der Waals surface area contributed by atoms with Gasteiger partial charge < -0.3 is 5.73 Å². The molecule has 0 fully saturated rings. The molecule has 2 atom stereocenters. The Bertz CT molecular complexity index is 1050. The molecular weight excluding hydrogens is 376 g/mol. The Labute approximate surface area is 155 Å². The molecule has 0 saturated heterocycles. The number of rotatable bonds is 4. The van der Waals surface area contributed by atoms with Crippen molar-refractivity contribution in [2.24, 2.45) is 11.8 Å². The predicted octanol–water partition coefficient (Wildman–Crippen LogP) is 1.90. The van der Waals surface area contributed by atoms with Crippen LogP contribution < -0.4 is 5.73 Å². The molecule has 2 unspecified atom stereocenters. The summed E-state index contributed by atoms with van der Waals surface area (Å²) >= 11 is 0. The lowest BCUT2D eigenvalue weighted by atomic mass is 9.67. The number of anilines is 1. The van der Waals surface area contributed by atoms with Crippen LogP contribution in [-0.2, 0) is 0 Å². The predicted molar refractivity (Wildman–Crippen MR) is 92.5 cm³/mol. The molecule has 2 aliphatic carbocycles. The molecule has 0 bridgehead atoms. The summed E-state index contributed by atoms with van der Waals surface area (Å²) in [6.45, 7) is 1.50. The number of fused-ring (bicyclic) bond motifs is 2. The van der Waals surface area contributed by atoms with Crippen molar-refractivity contribution in [1.29, 1.82) is 0 Å². The second kappa shape index (κ2) is 6.33. The summed E-state index contributed by atoms with van der Waals surface area (Å²) in [5.41, 5.74) is 2.11. The maximum atomic E-state index is 13.1. The van der Waals surface area contributed by atoms with Crippen molar-refractivity contribution >= 4 is 22.9 Å². The molecule has 2 N–H and O–H groups in total. The molecule has 1 aromatic carbocycles. The summed E-state index contributed by atoms with van der Waals surface area (Å²) in [7, 11) is 0. The minimum atomic E-state index is -1.84. The van der Waals surface area contributed by atoms with Gasteiger partial charge in [0.1, 0.15) is 17.4 Å². The Hall–Kier alpha value is -3.96. The fourth-order valence-corrected chi connectivity index (χ4v) is 3.70. The van der Waals surface area contributed by atoms with Crippen molar-refractivity contribution in [3.05, 3.63) is 76.6 Å². The van der Waals surface area contributed by atoms with Crippen molar-refractivity contribution in [2.75, 3.05) is 5.73 Å². The van der Waals surface area contributed by atoms with E-state index in [9.17, 15) is 39.9 Å². The van der Waals surface area contributed by atoms with E-state index in [1.165, 1.54) is 6.92 Å². The number of carbonyl (C=O) groups excluding carboxylic acids is 2. The Balaban J connectivity index is 2.42. The SMILES string of the molecule is CCC1=C([N+](=O)[O-])C2C(=O)c3c([N+](=O)[O-])ccc(N)c3C(=O)C2C([N+](=O)[O-])=C1. The first kappa shape index (κ1) is 18.8. The molecule has 2 aliphatic rings. The van der Waals surface area contributed by atoms with Crippen LogP contribution in [0.15, 0.2) is 35.2 Å². The van der Waals surface area contributed by atoms with Crippen molar-refractivity contribution in [2.45, 2.75) is 13.3 Å². The van der Waals surface area contributed by atoms with E-state index in [0.29, 0.717) is 0 Å². The second-order valence-electron chi connectivity index (χ2n) is 6.21. The number of allylic oxidation sites excluding steroid dienone is 4. The van der Waals surface area contributed by atoms with Crippen LogP contribution in [-0.4, -0.2) is 26.3 Å². The number of benzene rings is 1. The van der Waals surface area contributed by atoms with E-state index < -0.39 is 66.4 Å². The largest absolute Gasteiger partial charge is 0.398 e. The summed E-state index contributed by atoms with van der Waals surface area (Å²) in [5.74, 6) is -5.76. The normalized spacial score (nSPS) is 21.0. The monoisotopic (exact) mass is 388 g/mol. The number of ketones is 2. The smallest absolute Gasteiger partial charge is 0.281 e. The number of carbonyl (C=O) groups is 2. The molecule has 0 heterocycles. The van der Waals surface area contributed by atoms with E-state index >= 15 is 0 Å². The lowest BCUT2D eigenvalue weighted by molar-refractivity contribution is -0.447. The van der Waals surface area contributed by atoms with E-state index in [2.05, 4.69) is 0 Å². The van der Waals surface area contributed by atoms with Crippen LogP contribution in [0.1, 0.15) is 34.1 Å². The van der Waals surface area contributed by atoms with E-state index in [-0.39, 0.29) is 17.7 Å². The van der Waals surface area contributed by atoms with Crippen LogP contribution in [0.2, 0.25) is 0 Å². The van der Waals surface area contributed by atoms with Crippen molar-refractivity contribution < 1.29 is 24.4 Å². The van der Waals surface area contributed by atoms with Crippen molar-refractivity contribution in [1.82, 2.24) is 0 Å². The molecule has 0 saturated carbocycles. The number of Topliss-reactive ketones (excluding diaryl/α,β-unsaturated/α-hetero) is 2. The molecule has 144 valence electrons. The summed E-state index contributed by atoms with van der Waals surface area (Å²) in [6, 6.07) is 1.96. The molecule has 1 aromatic rings. The minimum absolute atomic E-state index is 0.00970. The van der Waals surface area contributed by atoms with Gasteiger partial charge in [-0.25, -0.2) is 0 Å². The Morgan fingerprint density at radius 1 is 0.929 bits per heavy atom. The van der Waals surface area contributed by atoms with Gasteiger partial charge in [0.25, 0.3) is 17.1 Å². The second-order valence-corrected chi connectivity index (χ2v) is 6.21. The number of hydrogen-bond acceptors (Lipinski definition) is 9. The molecule has 0 aromatic heterocycles. The summed E-state index contributed by atoms with van der Waals surface area (Å²) in [5, 5.41) is 34.5. The highest BCUT2D eigenvalue weighted by Gasteiger charge is 2.58. The van der Waals surface area contributed by atoms with Gasteiger partial charge in [0.15, 0.2) is 11.6 Å². The summed E-state index contributed by atoms with van der Waals surface area (Å²) < 4.78 is 0. The van der Waals surface area contributed by atoms with Gasteiger partial charge in [-0.1, -0.05) is 6.92 Å². The molecule has 0 radical (unpaired) electrons. The van der Waals surface area contributed by atoms with Crippen molar-refractivity contribution in [3.63, 3.8) is 0 Å². The van der Waals surface area contributed by atoms with Gasteiger partial charge >= 0.3 is 0 Å². The van der Waals surface area contributed by atoms with E-state index in [1.54, 1.807) is 0 Å². The highest BCUT2D eigenvalue weighted by molar-refractivity contribution is 6.22. The average Bonchev–Trinajstić information content (AvgIpc) is 2.63. The molecule has 0 amide bonds. The molecule has 12 nitrogen and oxygen atoms in total. The first-order chi connectivity index (χ1) is 13.1. The lowest BCUT2D eigenvalue weighted by Crippen LogP contribution is -2.44. The molecule has 0 spiro atoms. The zero-order chi connectivity index (χ0) is 20.9. The van der Waals surface area contributed by atoms with Gasteiger partial charge in [-0.2, -0.15) is 0 Å². The molecule has 28 heavy (non-hydrogen) atoms. The average molecular weight is 388 g/mol. The number of nitrogens with zero attached hydrogens (tertiary/aromatic N) is 3. The van der Waals surface area contributed by atoms with E-state index in [4.69, 9.17) is 5.73 Å². The van der Waals surface area contributed by atoms with Gasteiger partial charge in [-0.15, -0.1) is 0 Å². The molecular formula is C16H12N4O8. The van der Waals surface area contributed by atoms with Crippen LogP contribution in [0.5, 0.6) is 0 Å². The first-order valence-electron chi connectivity index (χ1n) is 8.00. The fraction of sp³-hybridized carbons (Fsp3) is 0.250. The van der Waals surface area contributed by atoms with E-state index in [0.717, 1.165) is 18.2 Å². The third kappa shape index (κ3) is 2.46. The topological polar surface area (TPSA) is 190 Å². The Kier molecular flexibility index (Phi) is 4.26. The maximum Gasteiger partial charge on any atom is 0.281 e. The minimum Gasteiger partial charge on any atom is -0.398 e. The van der Waals surface area contributed by atoms with Gasteiger partial charge in [0.2, 0.25) is 0 Å². The molecule has 3 rings (SSSR count).